The minimum absolute atomic E-state index is 0.263. The van der Waals surface area contributed by atoms with Crippen LogP contribution in [0.1, 0.15) is 55.1 Å². The fourth-order valence-corrected chi connectivity index (χ4v) is 4.20. The predicted molar refractivity (Wildman–Crippen MR) is 152 cm³/mol. The molecular weight excluding hydrogens is 500 g/mol. The van der Waals surface area contributed by atoms with E-state index in [1.807, 2.05) is 62.4 Å². The molecule has 0 bridgehead atoms. The number of ether oxygens (including phenoxy) is 4. The minimum Gasteiger partial charge on any atom is -0.486 e. The number of fused-ring (bicyclic) bond motifs is 1. The van der Waals surface area contributed by atoms with Crippen molar-refractivity contribution in [3.63, 3.8) is 0 Å². The molecule has 0 aliphatic carbocycles. The van der Waals surface area contributed by atoms with Crippen molar-refractivity contribution in [2.75, 3.05) is 13.2 Å². The number of halogens is 1. The first-order chi connectivity index (χ1) is 18.5. The third-order valence-corrected chi connectivity index (χ3v) is 6.24. The largest absolute Gasteiger partial charge is 0.486 e. The van der Waals surface area contributed by atoms with Crippen LogP contribution in [0.4, 0.5) is 0 Å². The van der Waals surface area contributed by atoms with Gasteiger partial charge in [-0.1, -0.05) is 74.8 Å². The Balaban J connectivity index is 1.87. The zero-order chi connectivity index (χ0) is 26.9. The Labute approximate surface area is 229 Å². The molecule has 0 unspecified atom stereocenters. The van der Waals surface area contributed by atoms with E-state index < -0.39 is 5.97 Å². The fraction of sp³-hybridized carbons (Fsp3) is 0.281. The molecule has 0 aliphatic rings. The van der Waals surface area contributed by atoms with E-state index in [2.05, 4.69) is 6.92 Å². The van der Waals surface area contributed by atoms with E-state index in [1.165, 1.54) is 0 Å². The Morgan fingerprint density at radius 3 is 1.97 bits per heavy atom. The van der Waals surface area contributed by atoms with Crippen molar-refractivity contribution in [2.45, 2.75) is 46.6 Å². The lowest BCUT2D eigenvalue weighted by Crippen LogP contribution is -2.12. The molecule has 0 amide bonds. The van der Waals surface area contributed by atoms with Crippen LogP contribution >= 0.6 is 11.6 Å². The number of hydrogen-bond donors (Lipinski definition) is 0. The first-order valence-corrected chi connectivity index (χ1v) is 13.5. The van der Waals surface area contributed by atoms with Crippen LogP contribution < -0.4 is 18.9 Å². The summed E-state index contributed by atoms with van der Waals surface area (Å²) >= 11 is 6.43. The first-order valence-electron chi connectivity index (χ1n) is 13.1. The van der Waals surface area contributed by atoms with Crippen LogP contribution in [0.5, 0.6) is 23.0 Å². The molecule has 6 heteroatoms. The highest BCUT2D eigenvalue weighted by molar-refractivity contribution is 6.31. The van der Waals surface area contributed by atoms with Crippen LogP contribution in [-0.4, -0.2) is 19.2 Å². The van der Waals surface area contributed by atoms with Crippen LogP contribution in [0.25, 0.3) is 10.8 Å². The summed E-state index contributed by atoms with van der Waals surface area (Å²) in [7, 11) is 0. The van der Waals surface area contributed by atoms with Crippen LogP contribution in [0.15, 0.2) is 72.8 Å². The van der Waals surface area contributed by atoms with E-state index >= 15 is 0 Å². The highest BCUT2D eigenvalue weighted by atomic mass is 35.5. The molecule has 4 aromatic carbocycles. The van der Waals surface area contributed by atoms with E-state index in [0.29, 0.717) is 58.4 Å². The van der Waals surface area contributed by atoms with Crippen molar-refractivity contribution < 1.29 is 23.7 Å². The second-order valence-corrected chi connectivity index (χ2v) is 9.35. The van der Waals surface area contributed by atoms with Crippen molar-refractivity contribution in [1.29, 1.82) is 0 Å². The maximum atomic E-state index is 13.3. The Hall–Kier alpha value is -3.70. The van der Waals surface area contributed by atoms with Gasteiger partial charge in [-0.3, -0.25) is 0 Å². The van der Waals surface area contributed by atoms with Gasteiger partial charge in [0.2, 0.25) is 11.5 Å². The Morgan fingerprint density at radius 1 is 0.684 bits per heavy atom. The molecule has 0 atom stereocenters. The lowest BCUT2D eigenvalue weighted by molar-refractivity contribution is 0.0729. The molecule has 4 aromatic rings. The van der Waals surface area contributed by atoms with Crippen LogP contribution in [0, 0.1) is 0 Å². The maximum absolute atomic E-state index is 13.3. The monoisotopic (exact) mass is 532 g/mol. The van der Waals surface area contributed by atoms with Crippen LogP contribution in [0.2, 0.25) is 5.02 Å². The van der Waals surface area contributed by atoms with Crippen molar-refractivity contribution in [3.05, 3.63) is 94.5 Å². The lowest BCUT2D eigenvalue weighted by Gasteiger charge is -2.22. The lowest BCUT2D eigenvalue weighted by atomic mass is 10.1. The van der Waals surface area contributed by atoms with E-state index in [0.717, 1.165) is 30.4 Å². The van der Waals surface area contributed by atoms with Crippen LogP contribution in [0.3, 0.4) is 0 Å². The summed E-state index contributed by atoms with van der Waals surface area (Å²) in [5, 5.41) is 1.82. The molecule has 38 heavy (non-hydrogen) atoms. The molecule has 0 saturated heterocycles. The molecule has 0 spiro atoms. The smallest absolute Gasteiger partial charge is 0.343 e. The van der Waals surface area contributed by atoms with E-state index in [1.54, 1.807) is 24.3 Å². The molecule has 0 aliphatic heterocycles. The van der Waals surface area contributed by atoms with E-state index in [-0.39, 0.29) is 5.75 Å². The molecular formula is C32H33ClO5. The summed E-state index contributed by atoms with van der Waals surface area (Å²) in [6.45, 7) is 7.28. The normalized spacial score (nSPS) is 10.8. The van der Waals surface area contributed by atoms with E-state index in [9.17, 15) is 4.79 Å². The van der Waals surface area contributed by atoms with Gasteiger partial charge in [0, 0.05) is 15.8 Å². The first kappa shape index (κ1) is 27.3. The molecule has 4 rings (SSSR count). The highest BCUT2D eigenvalue weighted by Gasteiger charge is 2.27. The average molecular weight is 533 g/mol. The summed E-state index contributed by atoms with van der Waals surface area (Å²) in [6, 6.07) is 22.7. The Bertz CT molecular complexity index is 1370. The Morgan fingerprint density at radius 2 is 1.34 bits per heavy atom. The van der Waals surface area contributed by atoms with Gasteiger partial charge in [0.25, 0.3) is 0 Å². The minimum atomic E-state index is -0.491. The summed E-state index contributed by atoms with van der Waals surface area (Å²) in [5.41, 5.74) is 2.60. The number of rotatable bonds is 12. The zero-order valence-corrected chi connectivity index (χ0v) is 22.8. The molecule has 0 heterocycles. The second-order valence-electron chi connectivity index (χ2n) is 8.92. The van der Waals surface area contributed by atoms with Crippen LogP contribution in [-0.2, 0) is 13.0 Å². The van der Waals surface area contributed by atoms with Crippen molar-refractivity contribution in [3.8, 4) is 23.0 Å². The van der Waals surface area contributed by atoms with Crippen molar-refractivity contribution >= 4 is 28.3 Å². The van der Waals surface area contributed by atoms with Gasteiger partial charge in [-0.25, -0.2) is 4.79 Å². The van der Waals surface area contributed by atoms with Crippen molar-refractivity contribution in [1.82, 2.24) is 0 Å². The highest BCUT2D eigenvalue weighted by Crippen LogP contribution is 2.52. The average Bonchev–Trinajstić information content (AvgIpc) is 2.95. The van der Waals surface area contributed by atoms with Gasteiger partial charge in [0.1, 0.15) is 6.61 Å². The topological polar surface area (TPSA) is 54.0 Å². The quantitative estimate of drug-likeness (QED) is 0.135. The third-order valence-electron chi connectivity index (χ3n) is 6.01. The fourth-order valence-electron chi connectivity index (χ4n) is 4.03. The SMILES string of the molecule is CCCOc1c(OCCC)c(OC(=O)c2ccc(CC)cc2)c2cc(Cl)ccc2c1OCc1ccccc1. The molecule has 5 nitrogen and oxygen atoms in total. The standard InChI is InChI=1S/C32H33ClO5/c1-4-18-35-30-28(37-21-23-10-8-7-9-11-23)26-17-16-25(33)20-27(26)29(31(30)36-19-5-2)38-32(34)24-14-12-22(6-3)13-15-24/h7-17,20H,4-6,18-19,21H2,1-3H3. The van der Waals surface area contributed by atoms with Gasteiger partial charge < -0.3 is 18.9 Å². The zero-order valence-electron chi connectivity index (χ0n) is 22.1. The van der Waals surface area contributed by atoms with Crippen molar-refractivity contribution in [2.24, 2.45) is 0 Å². The number of esters is 1. The summed E-state index contributed by atoms with van der Waals surface area (Å²) < 4.78 is 24.9. The van der Waals surface area contributed by atoms with E-state index in [4.69, 9.17) is 30.5 Å². The van der Waals surface area contributed by atoms with Gasteiger partial charge in [0.15, 0.2) is 11.5 Å². The summed E-state index contributed by atoms with van der Waals surface area (Å²) in [4.78, 5) is 13.3. The summed E-state index contributed by atoms with van der Waals surface area (Å²) in [5.74, 6) is 1.03. The molecule has 0 N–H and O–H groups in total. The number of aryl methyl sites for hydroxylation is 1. The molecule has 198 valence electrons. The van der Waals surface area contributed by atoms with Gasteiger partial charge in [-0.15, -0.1) is 0 Å². The van der Waals surface area contributed by atoms with Gasteiger partial charge in [0.05, 0.1) is 18.8 Å². The molecule has 0 saturated carbocycles. The van der Waals surface area contributed by atoms with Gasteiger partial charge in [-0.2, -0.15) is 0 Å². The molecule has 0 radical (unpaired) electrons. The maximum Gasteiger partial charge on any atom is 0.343 e. The molecule has 0 fully saturated rings. The predicted octanol–water partition coefficient (Wildman–Crippen LogP) is 8.43. The number of carbonyl (C=O) groups is 1. The Kier molecular flexibility index (Phi) is 9.50. The van der Waals surface area contributed by atoms with Gasteiger partial charge in [-0.05, 0) is 60.7 Å². The number of benzene rings is 4. The third kappa shape index (κ3) is 6.40. The second kappa shape index (κ2) is 13.2. The number of hydrogen-bond acceptors (Lipinski definition) is 5. The molecule has 0 aromatic heterocycles. The van der Waals surface area contributed by atoms with Gasteiger partial charge >= 0.3 is 5.97 Å². The summed E-state index contributed by atoms with van der Waals surface area (Å²) in [6.07, 6.45) is 2.42. The number of carbonyl (C=O) groups excluding carboxylic acids is 1.